The monoisotopic (exact) mass is 406 g/mol. The van der Waals surface area contributed by atoms with Gasteiger partial charge in [-0.1, -0.05) is 71.1 Å². The van der Waals surface area contributed by atoms with Crippen molar-refractivity contribution < 1.29 is 39.5 Å². The molecule has 0 aromatic rings. The first-order valence-corrected chi connectivity index (χ1v) is 10.1. The van der Waals surface area contributed by atoms with Crippen molar-refractivity contribution >= 4 is 17.9 Å². The summed E-state index contributed by atoms with van der Waals surface area (Å²) in [5, 5.41) is 33.8. The molecule has 0 atom stereocenters. The SMILES string of the molecule is CCCCCCCCCCCCCOC.O=C(O)CC(O)(CC(=O)O)C(=O)O. The Labute approximate surface area is 167 Å². The summed E-state index contributed by atoms with van der Waals surface area (Å²) in [7, 11) is 1.79. The van der Waals surface area contributed by atoms with Crippen molar-refractivity contribution in [3.05, 3.63) is 0 Å². The first-order valence-electron chi connectivity index (χ1n) is 10.1. The van der Waals surface area contributed by atoms with E-state index in [0.717, 1.165) is 6.61 Å². The summed E-state index contributed by atoms with van der Waals surface area (Å²) in [4.78, 5) is 30.5. The van der Waals surface area contributed by atoms with E-state index in [1.807, 2.05) is 0 Å². The van der Waals surface area contributed by atoms with Gasteiger partial charge >= 0.3 is 17.9 Å². The molecular formula is C20H38O8. The largest absolute Gasteiger partial charge is 0.481 e. The number of aliphatic carboxylic acids is 3. The van der Waals surface area contributed by atoms with Crippen molar-refractivity contribution in [3.63, 3.8) is 0 Å². The second-order valence-electron chi connectivity index (χ2n) is 7.01. The van der Waals surface area contributed by atoms with Gasteiger partial charge in [-0.2, -0.15) is 0 Å². The molecule has 0 radical (unpaired) electrons. The summed E-state index contributed by atoms with van der Waals surface area (Å²) >= 11 is 0. The fourth-order valence-corrected chi connectivity index (χ4v) is 2.62. The van der Waals surface area contributed by atoms with Crippen LogP contribution in [0.25, 0.3) is 0 Å². The average molecular weight is 407 g/mol. The van der Waals surface area contributed by atoms with E-state index in [-0.39, 0.29) is 0 Å². The van der Waals surface area contributed by atoms with Gasteiger partial charge in [-0.25, -0.2) is 4.79 Å². The van der Waals surface area contributed by atoms with Crippen LogP contribution < -0.4 is 0 Å². The van der Waals surface area contributed by atoms with Gasteiger partial charge < -0.3 is 25.2 Å². The Bertz CT molecular complexity index is 394. The van der Waals surface area contributed by atoms with E-state index < -0.39 is 36.4 Å². The number of hydrogen-bond donors (Lipinski definition) is 4. The van der Waals surface area contributed by atoms with E-state index in [4.69, 9.17) is 25.2 Å². The molecule has 0 rings (SSSR count). The smallest absolute Gasteiger partial charge is 0.336 e. The highest BCUT2D eigenvalue weighted by molar-refractivity contribution is 5.88. The predicted molar refractivity (Wildman–Crippen MR) is 105 cm³/mol. The van der Waals surface area contributed by atoms with Crippen LogP contribution >= 0.6 is 0 Å². The minimum Gasteiger partial charge on any atom is -0.481 e. The third-order valence-corrected chi connectivity index (χ3v) is 4.24. The minimum absolute atomic E-state index is 0.941. The van der Waals surface area contributed by atoms with Gasteiger partial charge in [0.15, 0.2) is 5.60 Å². The van der Waals surface area contributed by atoms with Crippen molar-refractivity contribution in [2.45, 2.75) is 96.0 Å². The Kier molecular flexibility index (Phi) is 19.0. The zero-order valence-electron chi connectivity index (χ0n) is 17.3. The van der Waals surface area contributed by atoms with Crippen molar-refractivity contribution in [1.29, 1.82) is 0 Å². The first-order chi connectivity index (χ1) is 13.2. The molecule has 0 amide bonds. The topological polar surface area (TPSA) is 141 Å². The molecule has 8 nitrogen and oxygen atoms in total. The zero-order chi connectivity index (χ0) is 21.8. The average Bonchev–Trinajstić information content (AvgIpc) is 2.59. The van der Waals surface area contributed by atoms with Gasteiger partial charge in [0.25, 0.3) is 0 Å². The molecule has 0 saturated carbocycles. The number of aliphatic hydroxyl groups is 1. The molecule has 0 aromatic heterocycles. The number of carbonyl (C=O) groups is 3. The normalized spacial score (nSPS) is 10.8. The number of carboxylic acid groups (broad SMARTS) is 3. The highest BCUT2D eigenvalue weighted by Gasteiger charge is 2.40. The Balaban J connectivity index is 0. The second kappa shape index (κ2) is 18.7. The highest BCUT2D eigenvalue weighted by Crippen LogP contribution is 2.15. The van der Waals surface area contributed by atoms with Gasteiger partial charge in [0.05, 0.1) is 12.8 Å². The van der Waals surface area contributed by atoms with E-state index in [1.165, 1.54) is 70.6 Å². The summed E-state index contributed by atoms with van der Waals surface area (Å²) in [6.07, 6.45) is 13.2. The van der Waals surface area contributed by atoms with Crippen LogP contribution in [0.2, 0.25) is 0 Å². The van der Waals surface area contributed by atoms with Crippen LogP contribution in [0.5, 0.6) is 0 Å². The summed E-state index contributed by atoms with van der Waals surface area (Å²) in [6.45, 7) is 3.22. The van der Waals surface area contributed by atoms with Crippen LogP contribution in [0.1, 0.15) is 90.4 Å². The summed E-state index contributed by atoms with van der Waals surface area (Å²) in [5.41, 5.74) is -2.74. The van der Waals surface area contributed by atoms with Crippen molar-refractivity contribution in [1.82, 2.24) is 0 Å². The van der Waals surface area contributed by atoms with E-state index in [2.05, 4.69) is 6.92 Å². The van der Waals surface area contributed by atoms with E-state index >= 15 is 0 Å². The van der Waals surface area contributed by atoms with Gasteiger partial charge in [-0.15, -0.1) is 0 Å². The molecule has 0 saturated heterocycles. The predicted octanol–water partition coefficient (Wildman–Crippen LogP) is 3.70. The highest BCUT2D eigenvalue weighted by atomic mass is 16.5. The maximum absolute atomic E-state index is 10.3. The lowest BCUT2D eigenvalue weighted by Gasteiger charge is -2.18. The van der Waals surface area contributed by atoms with Crippen LogP contribution in [0.3, 0.4) is 0 Å². The Hall–Kier alpha value is -1.67. The molecule has 28 heavy (non-hydrogen) atoms. The molecule has 4 N–H and O–H groups in total. The molecule has 0 aliphatic carbocycles. The van der Waals surface area contributed by atoms with Crippen molar-refractivity contribution in [3.8, 4) is 0 Å². The van der Waals surface area contributed by atoms with Gasteiger partial charge in [-0.3, -0.25) is 9.59 Å². The molecule has 166 valence electrons. The maximum atomic E-state index is 10.3. The third-order valence-electron chi connectivity index (χ3n) is 4.24. The standard InChI is InChI=1S/C14H30O.C6H8O7/c1-3-4-5-6-7-8-9-10-11-12-13-14-15-2;7-3(8)1-6(13,5(11)12)2-4(9)10/h3-14H2,1-2H3;13H,1-2H2,(H,7,8)(H,9,10)(H,11,12). The fourth-order valence-electron chi connectivity index (χ4n) is 2.62. The van der Waals surface area contributed by atoms with Crippen LogP contribution in [0, 0.1) is 0 Å². The van der Waals surface area contributed by atoms with Crippen LogP contribution in [-0.2, 0) is 19.1 Å². The minimum atomic E-state index is -2.74. The molecule has 0 fully saturated rings. The molecule has 0 heterocycles. The molecule has 0 aliphatic rings. The summed E-state index contributed by atoms with van der Waals surface area (Å²) < 4.78 is 5.02. The van der Waals surface area contributed by atoms with E-state index in [9.17, 15) is 14.4 Å². The lowest BCUT2D eigenvalue weighted by atomic mass is 9.96. The Morgan fingerprint density at radius 3 is 1.36 bits per heavy atom. The summed E-state index contributed by atoms with van der Waals surface area (Å²) in [6, 6.07) is 0. The molecule has 0 spiro atoms. The maximum Gasteiger partial charge on any atom is 0.336 e. The molecule has 0 aliphatic heterocycles. The van der Waals surface area contributed by atoms with Crippen LogP contribution in [0.4, 0.5) is 0 Å². The molecule has 0 aromatic carbocycles. The molecule has 8 heteroatoms. The lowest BCUT2D eigenvalue weighted by molar-refractivity contribution is -0.170. The van der Waals surface area contributed by atoms with Crippen molar-refractivity contribution in [2.24, 2.45) is 0 Å². The molecule has 0 bridgehead atoms. The summed E-state index contributed by atoms with van der Waals surface area (Å²) in [5.74, 6) is -5.02. The van der Waals surface area contributed by atoms with Gasteiger partial charge in [0, 0.05) is 13.7 Å². The fraction of sp³-hybridized carbons (Fsp3) is 0.850. The number of rotatable bonds is 17. The number of methoxy groups -OCH3 is 1. The number of hydrogen-bond acceptors (Lipinski definition) is 5. The number of carboxylic acids is 3. The van der Waals surface area contributed by atoms with Gasteiger partial charge in [0.2, 0.25) is 0 Å². The van der Waals surface area contributed by atoms with Gasteiger partial charge in [0.1, 0.15) is 0 Å². The van der Waals surface area contributed by atoms with Crippen LogP contribution in [-0.4, -0.2) is 57.7 Å². The number of unbranched alkanes of at least 4 members (excludes halogenated alkanes) is 10. The van der Waals surface area contributed by atoms with Crippen LogP contribution in [0.15, 0.2) is 0 Å². The van der Waals surface area contributed by atoms with Gasteiger partial charge in [-0.05, 0) is 6.42 Å². The Morgan fingerprint density at radius 1 is 0.714 bits per heavy atom. The molecular weight excluding hydrogens is 368 g/mol. The zero-order valence-corrected chi connectivity index (χ0v) is 17.3. The van der Waals surface area contributed by atoms with E-state index in [0.29, 0.717) is 0 Å². The first kappa shape index (κ1) is 28.5. The molecule has 0 unspecified atom stereocenters. The number of ether oxygens (including phenoxy) is 1. The quantitative estimate of drug-likeness (QED) is 0.268. The Morgan fingerprint density at radius 2 is 1.07 bits per heavy atom. The second-order valence-corrected chi connectivity index (χ2v) is 7.01. The van der Waals surface area contributed by atoms with Crippen molar-refractivity contribution in [2.75, 3.05) is 13.7 Å². The third kappa shape index (κ3) is 19.1. The lowest BCUT2D eigenvalue weighted by Crippen LogP contribution is -2.42. The van der Waals surface area contributed by atoms with E-state index in [1.54, 1.807) is 7.11 Å².